The van der Waals surface area contributed by atoms with E-state index < -0.39 is 6.04 Å². The van der Waals surface area contributed by atoms with Gasteiger partial charge in [-0.3, -0.25) is 4.79 Å². The van der Waals surface area contributed by atoms with Gasteiger partial charge in [-0.05, 0) is 45.2 Å². The van der Waals surface area contributed by atoms with Crippen LogP contribution < -0.4 is 5.73 Å². The quantitative estimate of drug-likeness (QED) is 0.854. The molecule has 0 saturated carbocycles. The van der Waals surface area contributed by atoms with E-state index in [0.29, 0.717) is 0 Å². The molecule has 0 aliphatic carbocycles. The average molecular weight is 236 g/mol. The fourth-order valence-electron chi connectivity index (χ4n) is 2.39. The fraction of sp³-hybridized carbons (Fsp3) is 0.615. The zero-order valence-electron chi connectivity index (χ0n) is 10.5. The molecule has 0 bridgehead atoms. The topological polar surface area (TPSA) is 59.5 Å². The van der Waals surface area contributed by atoms with Gasteiger partial charge in [-0.15, -0.1) is 0 Å². The van der Waals surface area contributed by atoms with Crippen LogP contribution in [-0.2, 0) is 4.79 Å². The van der Waals surface area contributed by atoms with E-state index in [-0.39, 0.29) is 11.9 Å². The van der Waals surface area contributed by atoms with Crippen LogP contribution >= 0.6 is 0 Å². The van der Waals surface area contributed by atoms with Crippen molar-refractivity contribution in [3.63, 3.8) is 0 Å². The molecule has 1 saturated heterocycles. The van der Waals surface area contributed by atoms with Crippen LogP contribution in [0.1, 0.15) is 43.7 Å². The lowest BCUT2D eigenvalue weighted by Crippen LogP contribution is -2.46. The number of carbonyl (C=O) groups excluding carboxylic acids is 1. The molecule has 2 N–H and O–H groups in total. The van der Waals surface area contributed by atoms with E-state index in [1.807, 2.05) is 24.0 Å². The zero-order chi connectivity index (χ0) is 12.4. The molecule has 1 amide bonds. The maximum atomic E-state index is 12.0. The third-order valence-corrected chi connectivity index (χ3v) is 3.26. The van der Waals surface area contributed by atoms with Crippen LogP contribution in [0.25, 0.3) is 0 Å². The lowest BCUT2D eigenvalue weighted by atomic mass is 9.99. The van der Waals surface area contributed by atoms with Gasteiger partial charge in [0.1, 0.15) is 11.5 Å². The van der Waals surface area contributed by atoms with Gasteiger partial charge in [0.2, 0.25) is 5.91 Å². The number of hydrogen-bond donors (Lipinski definition) is 1. The van der Waals surface area contributed by atoms with E-state index in [1.54, 1.807) is 6.92 Å². The van der Waals surface area contributed by atoms with Crippen LogP contribution in [0.2, 0.25) is 0 Å². The summed E-state index contributed by atoms with van der Waals surface area (Å²) in [5.41, 5.74) is 5.69. The third-order valence-electron chi connectivity index (χ3n) is 3.26. The van der Waals surface area contributed by atoms with E-state index in [2.05, 4.69) is 0 Å². The molecule has 0 spiro atoms. The second kappa shape index (κ2) is 4.92. The molecule has 1 aromatic heterocycles. The largest absolute Gasteiger partial charge is 0.464 e. The van der Waals surface area contributed by atoms with Crippen LogP contribution in [-0.4, -0.2) is 23.4 Å². The van der Waals surface area contributed by atoms with Crippen molar-refractivity contribution >= 4 is 5.91 Å². The van der Waals surface area contributed by atoms with Crippen molar-refractivity contribution < 1.29 is 9.21 Å². The molecule has 4 nitrogen and oxygen atoms in total. The van der Waals surface area contributed by atoms with Gasteiger partial charge >= 0.3 is 0 Å². The second-order valence-corrected chi connectivity index (χ2v) is 4.78. The molecular formula is C13H20N2O2. The van der Waals surface area contributed by atoms with Crippen molar-refractivity contribution in [1.29, 1.82) is 0 Å². The molecule has 2 unspecified atom stereocenters. The van der Waals surface area contributed by atoms with E-state index in [9.17, 15) is 4.79 Å². The summed E-state index contributed by atoms with van der Waals surface area (Å²) in [5.74, 6) is 1.79. The summed E-state index contributed by atoms with van der Waals surface area (Å²) in [6.45, 7) is 4.44. The van der Waals surface area contributed by atoms with Crippen LogP contribution in [0.4, 0.5) is 0 Å². The minimum atomic E-state index is -0.438. The van der Waals surface area contributed by atoms with Gasteiger partial charge in [-0.25, -0.2) is 0 Å². The first-order chi connectivity index (χ1) is 8.09. The highest BCUT2D eigenvalue weighted by atomic mass is 16.3. The van der Waals surface area contributed by atoms with Gasteiger partial charge in [0.25, 0.3) is 0 Å². The van der Waals surface area contributed by atoms with Crippen LogP contribution in [0, 0.1) is 6.92 Å². The predicted octanol–water partition coefficient (Wildman–Crippen LogP) is 1.99. The molecule has 1 fully saturated rings. The van der Waals surface area contributed by atoms with Crippen LogP contribution in [0.3, 0.4) is 0 Å². The molecule has 2 atom stereocenters. The Bertz CT molecular complexity index is 398. The fourth-order valence-corrected chi connectivity index (χ4v) is 2.39. The third kappa shape index (κ3) is 2.52. The van der Waals surface area contributed by atoms with E-state index >= 15 is 0 Å². The summed E-state index contributed by atoms with van der Waals surface area (Å²) in [7, 11) is 0. The molecule has 1 aliphatic rings. The first-order valence-corrected chi connectivity index (χ1v) is 6.22. The molecule has 1 aliphatic heterocycles. The van der Waals surface area contributed by atoms with Gasteiger partial charge in [-0.1, -0.05) is 0 Å². The number of piperidine rings is 1. The average Bonchev–Trinajstić information content (AvgIpc) is 2.74. The summed E-state index contributed by atoms with van der Waals surface area (Å²) in [5, 5.41) is 0. The minimum Gasteiger partial charge on any atom is -0.464 e. The van der Waals surface area contributed by atoms with Gasteiger partial charge in [0, 0.05) is 6.54 Å². The van der Waals surface area contributed by atoms with Crippen molar-refractivity contribution in [1.82, 2.24) is 4.90 Å². The normalized spacial score (nSPS) is 22.5. The molecule has 2 heterocycles. The number of amides is 1. The Labute approximate surface area is 102 Å². The lowest BCUT2D eigenvalue weighted by molar-refractivity contribution is -0.136. The number of hydrogen-bond acceptors (Lipinski definition) is 3. The second-order valence-electron chi connectivity index (χ2n) is 4.78. The summed E-state index contributed by atoms with van der Waals surface area (Å²) in [6, 6.07) is 3.54. The Balaban J connectivity index is 2.20. The smallest absolute Gasteiger partial charge is 0.239 e. The number of nitrogens with two attached hydrogens (primary N) is 1. The summed E-state index contributed by atoms with van der Waals surface area (Å²) in [4.78, 5) is 13.9. The Morgan fingerprint density at radius 3 is 2.88 bits per heavy atom. The lowest BCUT2D eigenvalue weighted by Gasteiger charge is -2.35. The van der Waals surface area contributed by atoms with Crippen molar-refractivity contribution in [2.75, 3.05) is 6.54 Å². The number of nitrogens with zero attached hydrogens (tertiary/aromatic N) is 1. The Kier molecular flexibility index (Phi) is 3.52. The molecule has 1 aromatic rings. The van der Waals surface area contributed by atoms with Crippen LogP contribution in [0.15, 0.2) is 16.5 Å². The maximum Gasteiger partial charge on any atom is 0.239 e. The summed E-state index contributed by atoms with van der Waals surface area (Å²) < 4.78 is 5.65. The van der Waals surface area contributed by atoms with E-state index in [1.165, 1.54) is 0 Å². The zero-order valence-corrected chi connectivity index (χ0v) is 10.5. The van der Waals surface area contributed by atoms with Crippen molar-refractivity contribution in [2.24, 2.45) is 5.73 Å². The molecule has 17 heavy (non-hydrogen) atoms. The standard InChI is InChI=1S/C13H20N2O2/c1-9-6-7-12(17-9)11-5-3-4-8-15(11)13(16)10(2)14/h6-7,10-11H,3-5,8,14H2,1-2H3. The van der Waals surface area contributed by atoms with Crippen molar-refractivity contribution in [3.05, 3.63) is 23.7 Å². The molecule has 0 aromatic carbocycles. The summed E-state index contributed by atoms with van der Waals surface area (Å²) >= 11 is 0. The molecule has 2 rings (SSSR count). The van der Waals surface area contributed by atoms with Gasteiger partial charge in [0.15, 0.2) is 0 Å². The van der Waals surface area contributed by atoms with Crippen LogP contribution in [0.5, 0.6) is 0 Å². The number of furan rings is 1. The van der Waals surface area contributed by atoms with E-state index in [4.69, 9.17) is 10.2 Å². The summed E-state index contributed by atoms with van der Waals surface area (Å²) in [6.07, 6.45) is 3.15. The highest BCUT2D eigenvalue weighted by Gasteiger charge is 2.31. The number of aryl methyl sites for hydroxylation is 1. The van der Waals surface area contributed by atoms with Gasteiger partial charge in [0.05, 0.1) is 12.1 Å². The number of carbonyl (C=O) groups is 1. The van der Waals surface area contributed by atoms with Crippen molar-refractivity contribution in [3.8, 4) is 0 Å². The SMILES string of the molecule is Cc1ccc(C2CCCCN2C(=O)C(C)N)o1. The highest BCUT2D eigenvalue weighted by Crippen LogP contribution is 2.32. The predicted molar refractivity (Wildman–Crippen MR) is 65.4 cm³/mol. The Morgan fingerprint density at radius 2 is 2.29 bits per heavy atom. The monoisotopic (exact) mass is 236 g/mol. The first kappa shape index (κ1) is 12.2. The molecule has 4 heteroatoms. The first-order valence-electron chi connectivity index (χ1n) is 6.22. The van der Waals surface area contributed by atoms with Crippen molar-refractivity contribution in [2.45, 2.75) is 45.2 Å². The maximum absolute atomic E-state index is 12.0. The highest BCUT2D eigenvalue weighted by molar-refractivity contribution is 5.81. The molecule has 0 radical (unpaired) electrons. The Hall–Kier alpha value is -1.29. The van der Waals surface area contributed by atoms with E-state index in [0.717, 1.165) is 37.3 Å². The Morgan fingerprint density at radius 1 is 1.53 bits per heavy atom. The molecular weight excluding hydrogens is 216 g/mol. The number of likely N-dealkylation sites (tertiary alicyclic amines) is 1. The van der Waals surface area contributed by atoms with Gasteiger partial charge < -0.3 is 15.1 Å². The molecule has 94 valence electrons. The van der Waals surface area contributed by atoms with Gasteiger partial charge in [-0.2, -0.15) is 0 Å². The minimum absolute atomic E-state index is 0.0174. The number of rotatable bonds is 2.